The lowest BCUT2D eigenvalue weighted by Gasteiger charge is -2.50. The highest BCUT2D eigenvalue weighted by molar-refractivity contribution is 5.80. The molecule has 0 spiro atoms. The fraction of sp³-hybridized carbons (Fsp3) is 0.424. The van der Waals surface area contributed by atoms with Crippen LogP contribution >= 0.6 is 0 Å². The summed E-state index contributed by atoms with van der Waals surface area (Å²) in [4.78, 5) is 12.1. The Morgan fingerprint density at radius 2 is 1.61 bits per heavy atom. The van der Waals surface area contributed by atoms with Crippen LogP contribution in [0.3, 0.4) is 0 Å². The van der Waals surface area contributed by atoms with Crippen molar-refractivity contribution in [3.63, 3.8) is 0 Å². The van der Waals surface area contributed by atoms with Gasteiger partial charge in [-0.15, -0.1) is 0 Å². The minimum absolute atomic E-state index is 0.250. The average Bonchev–Trinajstić information content (AvgIpc) is 3.27. The lowest BCUT2D eigenvalue weighted by molar-refractivity contribution is -0.0707. The summed E-state index contributed by atoms with van der Waals surface area (Å²) in [5.41, 5.74) is 6.09. The van der Waals surface area contributed by atoms with Crippen molar-refractivity contribution in [2.75, 3.05) is 0 Å². The number of aldehydes is 1. The Kier molecular flexibility index (Phi) is 6.43. The number of carbonyl (C=O) groups excluding carboxylic acids is 1. The Balaban J connectivity index is 1.19. The molecule has 0 bridgehead atoms. The van der Waals surface area contributed by atoms with E-state index in [1.54, 1.807) is 0 Å². The van der Waals surface area contributed by atoms with Gasteiger partial charge in [0, 0.05) is 0 Å². The minimum atomic E-state index is 0.250. The van der Waals surface area contributed by atoms with E-state index in [0.717, 1.165) is 30.4 Å². The molecule has 0 aromatic heterocycles. The van der Waals surface area contributed by atoms with Gasteiger partial charge < -0.3 is 9.47 Å². The van der Waals surface area contributed by atoms with Crippen LogP contribution in [0.25, 0.3) is 0 Å². The van der Waals surface area contributed by atoms with Crippen molar-refractivity contribution in [2.24, 2.45) is 17.3 Å². The molecule has 0 saturated heterocycles. The molecule has 0 aliphatic heterocycles. The molecular weight excluding hydrogens is 444 g/mol. The van der Waals surface area contributed by atoms with E-state index in [0.29, 0.717) is 42.6 Å². The largest absolute Gasteiger partial charge is 0.488 e. The van der Waals surface area contributed by atoms with Crippen molar-refractivity contribution < 1.29 is 14.3 Å². The molecule has 0 heterocycles. The maximum atomic E-state index is 12.1. The van der Waals surface area contributed by atoms with Crippen LogP contribution in [-0.2, 0) is 24.4 Å². The summed E-state index contributed by atoms with van der Waals surface area (Å²) >= 11 is 0. The van der Waals surface area contributed by atoms with Crippen LogP contribution in [0.1, 0.15) is 77.6 Å². The zero-order valence-electron chi connectivity index (χ0n) is 21.2. The van der Waals surface area contributed by atoms with E-state index >= 15 is 0 Å². The van der Waals surface area contributed by atoms with Crippen LogP contribution in [0.15, 0.2) is 72.8 Å². The SMILES string of the molecule is C[C@@]12CC[C@H]3c4cc(C=O)c(OCc5ccccc5)cc4CC[C@@H]3[C@@H]1CC[C@@H]2OCc1ccccc1. The quantitative estimate of drug-likeness (QED) is 0.328. The highest BCUT2D eigenvalue weighted by atomic mass is 16.5. The van der Waals surface area contributed by atoms with Gasteiger partial charge in [-0.1, -0.05) is 67.6 Å². The van der Waals surface area contributed by atoms with Crippen LogP contribution in [-0.4, -0.2) is 12.4 Å². The second kappa shape index (κ2) is 9.86. The number of hydrogen-bond acceptors (Lipinski definition) is 3. The van der Waals surface area contributed by atoms with Crippen molar-refractivity contribution in [3.05, 3.63) is 101 Å². The molecule has 2 fully saturated rings. The van der Waals surface area contributed by atoms with Gasteiger partial charge >= 0.3 is 0 Å². The van der Waals surface area contributed by atoms with E-state index in [1.807, 2.05) is 18.2 Å². The minimum Gasteiger partial charge on any atom is -0.488 e. The Labute approximate surface area is 214 Å². The molecule has 36 heavy (non-hydrogen) atoms. The Morgan fingerprint density at radius 3 is 2.33 bits per heavy atom. The van der Waals surface area contributed by atoms with Gasteiger partial charge in [0.2, 0.25) is 0 Å². The number of ether oxygens (including phenoxy) is 2. The van der Waals surface area contributed by atoms with Crippen molar-refractivity contribution in [1.29, 1.82) is 0 Å². The fourth-order valence-corrected chi connectivity index (χ4v) is 7.57. The van der Waals surface area contributed by atoms with E-state index < -0.39 is 0 Å². The second-order valence-corrected chi connectivity index (χ2v) is 11.3. The first kappa shape index (κ1) is 23.5. The molecule has 3 aliphatic rings. The fourth-order valence-electron chi connectivity index (χ4n) is 7.57. The molecule has 186 valence electrons. The van der Waals surface area contributed by atoms with Crippen LogP contribution in [0.5, 0.6) is 5.75 Å². The Bertz CT molecular complexity index is 1200. The van der Waals surface area contributed by atoms with Crippen molar-refractivity contribution >= 4 is 6.29 Å². The third-order valence-corrected chi connectivity index (χ3v) is 9.43. The van der Waals surface area contributed by atoms with Crippen LogP contribution < -0.4 is 4.74 Å². The van der Waals surface area contributed by atoms with Gasteiger partial charge in [0.1, 0.15) is 12.4 Å². The van der Waals surface area contributed by atoms with Gasteiger partial charge in [0.15, 0.2) is 6.29 Å². The number of carbonyl (C=O) groups is 1. The zero-order chi connectivity index (χ0) is 24.5. The molecule has 0 amide bonds. The predicted octanol–water partition coefficient (Wildman–Crippen LogP) is 7.52. The predicted molar refractivity (Wildman–Crippen MR) is 142 cm³/mol. The summed E-state index contributed by atoms with van der Waals surface area (Å²) in [6.45, 7) is 3.68. The lowest BCUT2D eigenvalue weighted by atomic mass is 9.55. The molecule has 5 atom stereocenters. The van der Waals surface area contributed by atoms with Gasteiger partial charge in [-0.3, -0.25) is 4.79 Å². The molecule has 0 N–H and O–H groups in total. The molecule has 3 heteroatoms. The average molecular weight is 481 g/mol. The van der Waals surface area contributed by atoms with Gasteiger partial charge in [0.25, 0.3) is 0 Å². The van der Waals surface area contributed by atoms with Crippen molar-refractivity contribution in [1.82, 2.24) is 0 Å². The normalized spacial score (nSPS) is 28.6. The maximum Gasteiger partial charge on any atom is 0.153 e. The van der Waals surface area contributed by atoms with Gasteiger partial charge in [-0.2, -0.15) is 0 Å². The topological polar surface area (TPSA) is 35.5 Å². The maximum absolute atomic E-state index is 12.1. The molecule has 0 unspecified atom stereocenters. The van der Waals surface area contributed by atoms with Crippen molar-refractivity contribution in [3.8, 4) is 5.75 Å². The van der Waals surface area contributed by atoms with Gasteiger partial charge in [0.05, 0.1) is 18.3 Å². The Hall–Kier alpha value is -2.91. The van der Waals surface area contributed by atoms with Gasteiger partial charge in [-0.05, 0) is 96.1 Å². The lowest BCUT2D eigenvalue weighted by Crippen LogP contribution is -2.44. The summed E-state index contributed by atoms with van der Waals surface area (Å²) < 4.78 is 12.7. The van der Waals surface area contributed by atoms with Crippen LogP contribution in [0.2, 0.25) is 0 Å². The molecule has 6 rings (SSSR count). The smallest absolute Gasteiger partial charge is 0.153 e. The molecule has 3 aromatic rings. The molecular formula is C33H36O3. The van der Waals surface area contributed by atoms with E-state index in [2.05, 4.69) is 61.5 Å². The summed E-state index contributed by atoms with van der Waals surface area (Å²) in [6, 6.07) is 25.0. The summed E-state index contributed by atoms with van der Waals surface area (Å²) in [5.74, 6) is 2.64. The monoisotopic (exact) mass is 480 g/mol. The third kappa shape index (κ3) is 4.28. The number of benzene rings is 3. The summed E-state index contributed by atoms with van der Waals surface area (Å²) in [5, 5.41) is 0. The number of hydrogen-bond donors (Lipinski definition) is 0. The molecule has 2 saturated carbocycles. The first-order chi connectivity index (χ1) is 17.7. The number of fused-ring (bicyclic) bond motifs is 5. The molecule has 0 radical (unpaired) electrons. The number of aryl methyl sites for hydroxylation is 1. The summed E-state index contributed by atoms with van der Waals surface area (Å²) in [7, 11) is 0. The van der Waals surface area contributed by atoms with Gasteiger partial charge in [-0.25, -0.2) is 0 Å². The number of rotatable bonds is 7. The molecule has 3 nitrogen and oxygen atoms in total. The zero-order valence-corrected chi connectivity index (χ0v) is 21.2. The van der Waals surface area contributed by atoms with E-state index in [4.69, 9.17) is 9.47 Å². The Morgan fingerprint density at radius 1 is 0.889 bits per heavy atom. The van der Waals surface area contributed by atoms with E-state index in [9.17, 15) is 4.79 Å². The van der Waals surface area contributed by atoms with Crippen LogP contribution in [0.4, 0.5) is 0 Å². The highest BCUT2D eigenvalue weighted by Crippen LogP contribution is 2.61. The van der Waals surface area contributed by atoms with Crippen molar-refractivity contribution in [2.45, 2.75) is 70.7 Å². The second-order valence-electron chi connectivity index (χ2n) is 11.3. The first-order valence-corrected chi connectivity index (χ1v) is 13.6. The standard InChI is InChI=1S/C33H36O3/c1-33-17-16-27-28(30(33)14-15-32(33)36-22-24-10-6-3-7-11-24)13-12-25-19-31(26(20-34)18-29(25)27)35-21-23-8-4-2-5-9-23/h2-11,18-20,27-28,30,32H,12-17,21-22H2,1H3/t27-,28+,30+,32+,33-/m1/s1. The van der Waals surface area contributed by atoms with E-state index in [1.165, 1.54) is 42.4 Å². The van der Waals surface area contributed by atoms with E-state index in [-0.39, 0.29) is 5.41 Å². The summed E-state index contributed by atoms with van der Waals surface area (Å²) in [6.07, 6.45) is 8.39. The molecule has 3 aliphatic carbocycles. The molecule has 3 aromatic carbocycles. The highest BCUT2D eigenvalue weighted by Gasteiger charge is 2.55. The third-order valence-electron chi connectivity index (χ3n) is 9.43. The first-order valence-electron chi connectivity index (χ1n) is 13.6. The van der Waals surface area contributed by atoms with Crippen LogP contribution in [0, 0.1) is 17.3 Å².